The second kappa shape index (κ2) is 6.91. The Morgan fingerprint density at radius 2 is 2.00 bits per heavy atom. The summed E-state index contributed by atoms with van der Waals surface area (Å²) in [5.74, 6) is -0.932. The van der Waals surface area contributed by atoms with Crippen LogP contribution in [0.4, 0.5) is 0 Å². The summed E-state index contributed by atoms with van der Waals surface area (Å²) < 4.78 is 26.0. The second-order valence-electron chi connectivity index (χ2n) is 5.21. The Morgan fingerprint density at radius 1 is 1.32 bits per heavy atom. The van der Waals surface area contributed by atoms with Gasteiger partial charge >= 0.3 is 0 Å². The van der Waals surface area contributed by atoms with E-state index in [9.17, 15) is 18.0 Å². The molecular weight excluding hydrogens is 304 g/mol. The zero-order chi connectivity index (χ0) is 16.2. The van der Waals surface area contributed by atoms with Gasteiger partial charge in [0.25, 0.3) is 10.0 Å². The van der Waals surface area contributed by atoms with Crippen molar-refractivity contribution in [3.8, 4) is 0 Å². The topological polar surface area (TPSA) is 83.6 Å². The van der Waals surface area contributed by atoms with Gasteiger partial charge in [0.2, 0.25) is 11.8 Å². The summed E-state index contributed by atoms with van der Waals surface area (Å²) in [6.07, 6.45) is 2.04. The Kier molecular flexibility index (Phi) is 5.18. The van der Waals surface area contributed by atoms with E-state index in [4.69, 9.17) is 0 Å². The van der Waals surface area contributed by atoms with Gasteiger partial charge in [0, 0.05) is 13.0 Å². The van der Waals surface area contributed by atoms with Gasteiger partial charge in [-0.15, -0.1) is 0 Å². The first-order chi connectivity index (χ1) is 10.5. The first-order valence-electron chi connectivity index (χ1n) is 7.38. The van der Waals surface area contributed by atoms with E-state index in [2.05, 4.69) is 5.32 Å². The van der Waals surface area contributed by atoms with Gasteiger partial charge in [-0.1, -0.05) is 31.5 Å². The van der Waals surface area contributed by atoms with Crippen LogP contribution >= 0.6 is 0 Å². The van der Waals surface area contributed by atoms with Gasteiger partial charge in [-0.05, 0) is 25.0 Å². The lowest BCUT2D eigenvalue weighted by molar-refractivity contribution is -0.130. The number of nitrogens with one attached hydrogen (secondary N) is 1. The molecule has 0 saturated carbocycles. The Hall–Kier alpha value is -1.89. The van der Waals surface area contributed by atoms with Gasteiger partial charge < -0.3 is 5.32 Å². The molecule has 1 aliphatic heterocycles. The largest absolute Gasteiger partial charge is 0.354 e. The van der Waals surface area contributed by atoms with Crippen molar-refractivity contribution >= 4 is 21.8 Å². The number of carbonyl (C=O) groups is 2. The van der Waals surface area contributed by atoms with Gasteiger partial charge in [0.15, 0.2) is 0 Å². The summed E-state index contributed by atoms with van der Waals surface area (Å²) >= 11 is 0. The Labute approximate surface area is 130 Å². The predicted molar refractivity (Wildman–Crippen MR) is 81.4 cm³/mol. The molecule has 2 amide bonds. The maximum absolute atomic E-state index is 12.6. The van der Waals surface area contributed by atoms with Gasteiger partial charge in [0.1, 0.15) is 6.04 Å². The molecule has 0 spiro atoms. The summed E-state index contributed by atoms with van der Waals surface area (Å²) in [6, 6.07) is 6.77. The monoisotopic (exact) mass is 324 g/mol. The highest BCUT2D eigenvalue weighted by Gasteiger charge is 2.43. The van der Waals surface area contributed by atoms with Crippen LogP contribution in [0.1, 0.15) is 32.6 Å². The van der Waals surface area contributed by atoms with E-state index in [0.29, 0.717) is 6.54 Å². The van der Waals surface area contributed by atoms with Crippen molar-refractivity contribution in [1.82, 2.24) is 9.62 Å². The van der Waals surface area contributed by atoms with E-state index in [1.807, 2.05) is 6.92 Å². The SMILES string of the molecule is CCCCNC(=O)C1CCC(=O)N1S(=O)(=O)c1ccccc1. The number of hydrogen-bond donors (Lipinski definition) is 1. The van der Waals surface area contributed by atoms with Gasteiger partial charge in [-0.3, -0.25) is 9.59 Å². The Bertz CT molecular complexity index is 643. The fourth-order valence-corrected chi connectivity index (χ4v) is 4.04. The van der Waals surface area contributed by atoms with Crippen LogP contribution in [0.2, 0.25) is 0 Å². The van der Waals surface area contributed by atoms with Crippen molar-refractivity contribution in [3.05, 3.63) is 30.3 Å². The first kappa shape index (κ1) is 16.5. The van der Waals surface area contributed by atoms with Crippen LogP contribution in [-0.2, 0) is 19.6 Å². The smallest absolute Gasteiger partial charge is 0.267 e. The molecule has 7 heteroatoms. The maximum atomic E-state index is 12.6. The minimum absolute atomic E-state index is 0.0246. The maximum Gasteiger partial charge on any atom is 0.267 e. The number of sulfonamides is 1. The highest BCUT2D eigenvalue weighted by atomic mass is 32.2. The van der Waals surface area contributed by atoms with Gasteiger partial charge in [0.05, 0.1) is 4.90 Å². The van der Waals surface area contributed by atoms with Crippen molar-refractivity contribution in [2.45, 2.75) is 43.5 Å². The van der Waals surface area contributed by atoms with Crippen LogP contribution in [0.3, 0.4) is 0 Å². The molecule has 1 heterocycles. The second-order valence-corrected chi connectivity index (χ2v) is 7.02. The van der Waals surface area contributed by atoms with E-state index in [-0.39, 0.29) is 17.7 Å². The lowest BCUT2D eigenvalue weighted by atomic mass is 10.2. The molecule has 6 nitrogen and oxygen atoms in total. The molecule has 22 heavy (non-hydrogen) atoms. The molecule has 0 aliphatic carbocycles. The van der Waals surface area contributed by atoms with E-state index in [1.54, 1.807) is 18.2 Å². The number of rotatable bonds is 6. The van der Waals surface area contributed by atoms with Crippen LogP contribution in [0.5, 0.6) is 0 Å². The Balaban J connectivity index is 2.23. The average molecular weight is 324 g/mol. The van der Waals surface area contributed by atoms with Crippen LogP contribution < -0.4 is 5.32 Å². The molecule has 0 radical (unpaired) electrons. The summed E-state index contributed by atoms with van der Waals surface area (Å²) in [6.45, 7) is 2.48. The van der Waals surface area contributed by atoms with Crippen molar-refractivity contribution in [2.24, 2.45) is 0 Å². The fraction of sp³-hybridized carbons (Fsp3) is 0.467. The van der Waals surface area contributed by atoms with Crippen LogP contribution in [0.15, 0.2) is 35.2 Å². The van der Waals surface area contributed by atoms with E-state index in [1.165, 1.54) is 12.1 Å². The number of nitrogens with zero attached hydrogens (tertiary/aromatic N) is 1. The summed E-state index contributed by atoms with van der Waals surface area (Å²) in [7, 11) is -3.99. The number of unbranched alkanes of at least 4 members (excludes halogenated alkanes) is 1. The molecule has 1 unspecified atom stereocenters. The highest BCUT2D eigenvalue weighted by molar-refractivity contribution is 7.89. The molecule has 1 aliphatic rings. The van der Waals surface area contributed by atoms with Crippen molar-refractivity contribution in [3.63, 3.8) is 0 Å². The Morgan fingerprint density at radius 3 is 2.64 bits per heavy atom. The lowest BCUT2D eigenvalue weighted by Gasteiger charge is -2.23. The van der Waals surface area contributed by atoms with E-state index in [0.717, 1.165) is 17.1 Å². The van der Waals surface area contributed by atoms with E-state index < -0.39 is 27.9 Å². The van der Waals surface area contributed by atoms with Crippen molar-refractivity contribution in [2.75, 3.05) is 6.54 Å². The molecule has 120 valence electrons. The highest BCUT2D eigenvalue weighted by Crippen LogP contribution is 2.27. The zero-order valence-corrected chi connectivity index (χ0v) is 13.3. The third kappa shape index (κ3) is 3.30. The molecule has 1 aromatic rings. The number of carbonyl (C=O) groups excluding carboxylic acids is 2. The first-order valence-corrected chi connectivity index (χ1v) is 8.82. The quantitative estimate of drug-likeness (QED) is 0.799. The molecule has 1 fully saturated rings. The predicted octanol–water partition coefficient (Wildman–Crippen LogP) is 1.28. The van der Waals surface area contributed by atoms with Crippen LogP contribution in [0, 0.1) is 0 Å². The van der Waals surface area contributed by atoms with E-state index >= 15 is 0 Å². The molecule has 0 aromatic heterocycles. The lowest BCUT2D eigenvalue weighted by Crippen LogP contribution is -2.47. The summed E-state index contributed by atoms with van der Waals surface area (Å²) in [5, 5.41) is 2.70. The minimum atomic E-state index is -3.99. The average Bonchev–Trinajstić information content (AvgIpc) is 2.91. The molecule has 1 saturated heterocycles. The summed E-state index contributed by atoms with van der Waals surface area (Å²) in [4.78, 5) is 24.2. The molecule has 1 atom stereocenters. The number of benzene rings is 1. The van der Waals surface area contributed by atoms with Crippen LogP contribution in [0.25, 0.3) is 0 Å². The van der Waals surface area contributed by atoms with Gasteiger partial charge in [-0.25, -0.2) is 12.7 Å². The number of amides is 2. The third-order valence-corrected chi connectivity index (χ3v) is 5.44. The van der Waals surface area contributed by atoms with Gasteiger partial charge in [-0.2, -0.15) is 0 Å². The van der Waals surface area contributed by atoms with Crippen LogP contribution in [-0.4, -0.2) is 37.1 Å². The zero-order valence-electron chi connectivity index (χ0n) is 12.5. The molecule has 2 rings (SSSR count). The normalized spacial score (nSPS) is 18.5. The molecule has 0 bridgehead atoms. The van der Waals surface area contributed by atoms with Crippen molar-refractivity contribution in [1.29, 1.82) is 0 Å². The van der Waals surface area contributed by atoms with Crippen molar-refractivity contribution < 1.29 is 18.0 Å². The standard InChI is InChI=1S/C15H20N2O4S/c1-2-3-11-16-15(19)13-9-10-14(18)17(13)22(20,21)12-7-5-4-6-8-12/h4-8,13H,2-3,9-11H2,1H3,(H,16,19). The molecule has 1 aromatic carbocycles. The third-order valence-electron chi connectivity index (χ3n) is 3.59. The summed E-state index contributed by atoms with van der Waals surface area (Å²) in [5.41, 5.74) is 0. The molecule has 1 N–H and O–H groups in total. The number of hydrogen-bond acceptors (Lipinski definition) is 4. The minimum Gasteiger partial charge on any atom is -0.354 e. The fourth-order valence-electron chi connectivity index (χ4n) is 2.41. The molecular formula is C15H20N2O4S.